The number of hydrogen-bond donors (Lipinski definition) is 0. The average Bonchev–Trinajstić information content (AvgIpc) is 3.61. The van der Waals surface area contributed by atoms with Crippen LogP contribution < -0.4 is 0 Å². The average molecular weight is 641 g/mol. The second-order valence-electron chi connectivity index (χ2n) is 12.0. The van der Waals surface area contributed by atoms with Crippen molar-refractivity contribution < 1.29 is 26.6 Å². The number of carbonyl (C=O) groups excluding carboxylic acids is 1. The predicted molar refractivity (Wildman–Crippen MR) is 163 cm³/mol. The summed E-state index contributed by atoms with van der Waals surface area (Å²) in [5.74, 6) is 3.17. The lowest BCUT2D eigenvalue weighted by Crippen LogP contribution is -2.52. The van der Waals surface area contributed by atoms with E-state index in [1.54, 1.807) is 51.5 Å². The summed E-state index contributed by atoms with van der Waals surface area (Å²) in [6.07, 6.45) is 4.30. The summed E-state index contributed by atoms with van der Waals surface area (Å²) >= 11 is 0. The van der Waals surface area contributed by atoms with Gasteiger partial charge < -0.3 is 4.57 Å². The zero-order chi connectivity index (χ0) is 32.3. The molecule has 8 nitrogen and oxygen atoms in total. The first-order valence-electron chi connectivity index (χ1n) is 14.5. The molecule has 3 heterocycles. The summed E-state index contributed by atoms with van der Waals surface area (Å²) in [7, 11) is -1.33. The van der Waals surface area contributed by atoms with E-state index in [1.807, 2.05) is 19.9 Å². The molecule has 236 valence electrons. The molecule has 0 radical (unpaired) electrons. The lowest BCUT2D eigenvalue weighted by molar-refractivity contribution is -0.137. The van der Waals surface area contributed by atoms with Gasteiger partial charge in [0.2, 0.25) is 0 Å². The lowest BCUT2D eigenvalue weighted by atomic mass is 9.60. The van der Waals surface area contributed by atoms with Gasteiger partial charge in [-0.2, -0.15) is 18.3 Å². The molecule has 45 heavy (non-hydrogen) atoms. The lowest BCUT2D eigenvalue weighted by Gasteiger charge is -2.48. The van der Waals surface area contributed by atoms with Crippen molar-refractivity contribution in [3.63, 3.8) is 0 Å². The highest BCUT2D eigenvalue weighted by Crippen LogP contribution is 2.51. The second-order valence-corrected chi connectivity index (χ2v) is 14.1. The van der Waals surface area contributed by atoms with Crippen LogP contribution in [0.2, 0.25) is 0 Å². The fraction of sp³-hybridized carbons (Fsp3) is 0.344. The largest absolute Gasteiger partial charge is 0.416 e. The van der Waals surface area contributed by atoms with Gasteiger partial charge in [0.15, 0.2) is 10.8 Å². The van der Waals surface area contributed by atoms with Crippen molar-refractivity contribution in [2.24, 2.45) is 12.5 Å². The van der Waals surface area contributed by atoms with Crippen molar-refractivity contribution in [1.29, 1.82) is 0 Å². The number of carbonyl (C=O) groups is 1. The van der Waals surface area contributed by atoms with E-state index in [4.69, 9.17) is 0 Å². The molecule has 0 aliphatic heterocycles. The predicted octanol–water partition coefficient (Wildman–Crippen LogP) is 5.92. The van der Waals surface area contributed by atoms with E-state index in [1.165, 1.54) is 12.1 Å². The first kappa shape index (κ1) is 30.9. The van der Waals surface area contributed by atoms with E-state index in [0.29, 0.717) is 34.8 Å². The number of fused-ring (bicyclic) bond motifs is 2. The Hall–Kier alpha value is -4.10. The maximum atomic E-state index is 14.6. The Balaban J connectivity index is 1.47. The number of imidazole rings is 1. The van der Waals surface area contributed by atoms with Gasteiger partial charge >= 0.3 is 6.18 Å². The van der Waals surface area contributed by atoms with E-state index >= 15 is 0 Å². The van der Waals surface area contributed by atoms with Crippen LogP contribution in [-0.4, -0.2) is 56.6 Å². The topological polar surface area (TPSA) is 85.9 Å². The summed E-state index contributed by atoms with van der Waals surface area (Å²) in [6.45, 7) is 3.79. The molecule has 1 saturated carbocycles. The van der Waals surface area contributed by atoms with Gasteiger partial charge in [-0.3, -0.25) is 9.78 Å². The smallest absolute Gasteiger partial charge is 0.339 e. The molecular weight excluding hydrogens is 608 g/mol. The van der Waals surface area contributed by atoms with Gasteiger partial charge in [-0.05, 0) is 93.4 Å². The van der Waals surface area contributed by atoms with Gasteiger partial charge in [0, 0.05) is 31.5 Å². The minimum atomic E-state index is -4.66. The summed E-state index contributed by atoms with van der Waals surface area (Å²) in [5, 5.41) is 4.84. The van der Waals surface area contributed by atoms with Crippen LogP contribution in [0.5, 0.6) is 0 Å². The standard InChI is InChI=1S/C32H32F4N6O2S/c1-20(2)42(45(4,44)29-18-40(3)19-38-29)26-8-5-22-14-28-21(17-39-41(28)25-9-6-24(33)7-10-25)15-31(22,16-26)30(43)27-13-23(11-12-37-27)32(34,35)36/h6-7,9-14,17-20,26H,4-5,8,15-16H2,1-3H3/t26-,31-,45?/m0/s1. The molecule has 0 saturated heterocycles. The summed E-state index contributed by atoms with van der Waals surface area (Å²) in [6, 6.07) is 6.82. The highest BCUT2D eigenvalue weighted by atomic mass is 32.2. The third-order valence-electron chi connectivity index (χ3n) is 8.68. The third kappa shape index (κ3) is 5.41. The molecule has 4 aromatic rings. The molecule has 3 aromatic heterocycles. The monoisotopic (exact) mass is 640 g/mol. The Morgan fingerprint density at radius 1 is 1.18 bits per heavy atom. The van der Waals surface area contributed by atoms with Crippen molar-refractivity contribution in [3.05, 3.63) is 95.2 Å². The minimum Gasteiger partial charge on any atom is -0.339 e. The first-order chi connectivity index (χ1) is 21.2. The molecule has 2 aliphatic carbocycles. The number of allylic oxidation sites excluding steroid dienone is 1. The zero-order valence-corrected chi connectivity index (χ0v) is 25.8. The molecule has 13 heteroatoms. The Kier molecular flexibility index (Phi) is 7.59. The number of ketones is 1. The molecule has 1 aromatic carbocycles. The molecule has 1 unspecified atom stereocenters. The van der Waals surface area contributed by atoms with Crippen molar-refractivity contribution in [1.82, 2.24) is 28.6 Å². The van der Waals surface area contributed by atoms with Crippen molar-refractivity contribution >= 4 is 27.4 Å². The summed E-state index contributed by atoms with van der Waals surface area (Å²) < 4.78 is 74.3. The Morgan fingerprint density at radius 3 is 2.56 bits per heavy atom. The second kappa shape index (κ2) is 11.1. The van der Waals surface area contributed by atoms with Gasteiger partial charge in [-0.25, -0.2) is 22.6 Å². The molecule has 0 spiro atoms. The van der Waals surface area contributed by atoms with Crippen LogP contribution in [0.1, 0.15) is 60.4 Å². The molecule has 0 N–H and O–H groups in total. The molecule has 6 rings (SSSR count). The number of aromatic nitrogens is 5. The first-order valence-corrected chi connectivity index (χ1v) is 16.1. The number of benzene rings is 1. The van der Waals surface area contributed by atoms with E-state index < -0.39 is 44.5 Å². The van der Waals surface area contributed by atoms with Gasteiger partial charge in [0.1, 0.15) is 11.5 Å². The SMILES string of the molecule is C=S(=O)(c1cn(C)cn1)N(C(C)C)[C@H]1CCC2=Cc3c(cnn3-c3ccc(F)cc3)C[C@]2(C(=O)c2cc(C(F)(F)F)ccn2)C1. The number of pyridine rings is 1. The maximum absolute atomic E-state index is 14.6. The summed E-state index contributed by atoms with van der Waals surface area (Å²) in [4.78, 5) is 23.0. The number of aryl methyl sites for hydroxylation is 1. The van der Waals surface area contributed by atoms with Gasteiger partial charge in [-0.15, -0.1) is 0 Å². The number of alkyl halides is 3. The highest BCUT2D eigenvalue weighted by Gasteiger charge is 2.52. The molecule has 1 fully saturated rings. The van der Waals surface area contributed by atoms with Crippen LogP contribution in [0.4, 0.5) is 17.6 Å². The number of hydrogen-bond acceptors (Lipinski definition) is 5. The van der Waals surface area contributed by atoms with Crippen LogP contribution in [0.3, 0.4) is 0 Å². The Labute approximate surface area is 258 Å². The molecular formula is C32H32F4N6O2S. The highest BCUT2D eigenvalue weighted by molar-refractivity contribution is 7.98. The van der Waals surface area contributed by atoms with E-state index in [9.17, 15) is 26.6 Å². The van der Waals surface area contributed by atoms with Gasteiger partial charge in [0.25, 0.3) is 0 Å². The van der Waals surface area contributed by atoms with Crippen LogP contribution in [0.25, 0.3) is 11.8 Å². The van der Waals surface area contributed by atoms with Crippen LogP contribution in [0.15, 0.2) is 71.9 Å². The van der Waals surface area contributed by atoms with E-state index in [2.05, 4.69) is 20.9 Å². The molecule has 0 bridgehead atoms. The molecule has 0 amide bonds. The van der Waals surface area contributed by atoms with Crippen LogP contribution in [-0.2, 0) is 29.4 Å². The Morgan fingerprint density at radius 2 is 1.91 bits per heavy atom. The quantitative estimate of drug-likeness (QED) is 0.142. The van der Waals surface area contributed by atoms with Crippen molar-refractivity contribution in [2.45, 2.75) is 62.8 Å². The minimum absolute atomic E-state index is 0.149. The molecule has 2 aliphatic rings. The Bertz CT molecular complexity index is 1910. The fourth-order valence-corrected chi connectivity index (χ4v) is 8.83. The number of nitrogens with zero attached hydrogens (tertiary/aromatic N) is 6. The van der Waals surface area contributed by atoms with E-state index in [-0.39, 0.29) is 24.6 Å². The number of Topliss-reactive ketones (excluding diaryl/α,β-unsaturated/α-hetero) is 1. The normalized spacial score (nSPS) is 21.3. The van der Waals surface area contributed by atoms with Gasteiger partial charge in [0.05, 0.1) is 44.6 Å². The molecule has 3 atom stereocenters. The maximum Gasteiger partial charge on any atom is 0.416 e. The fourth-order valence-electron chi connectivity index (χ4n) is 6.73. The summed E-state index contributed by atoms with van der Waals surface area (Å²) in [5.41, 5.74) is 0.246. The van der Waals surface area contributed by atoms with Crippen molar-refractivity contribution in [3.8, 4) is 5.69 Å². The number of halogens is 4. The van der Waals surface area contributed by atoms with Crippen molar-refractivity contribution in [2.75, 3.05) is 0 Å². The van der Waals surface area contributed by atoms with Crippen LogP contribution in [0, 0.1) is 11.2 Å². The van der Waals surface area contributed by atoms with Gasteiger partial charge in [-0.1, -0.05) is 5.57 Å². The van der Waals surface area contributed by atoms with E-state index in [0.717, 1.165) is 23.9 Å². The zero-order valence-electron chi connectivity index (χ0n) is 25.0. The van der Waals surface area contributed by atoms with Crippen LogP contribution >= 0.6 is 0 Å². The number of rotatable bonds is 7. The third-order valence-corrected chi connectivity index (χ3v) is 10.9.